The Hall–Kier alpha value is -1.60. The highest BCUT2D eigenvalue weighted by Crippen LogP contribution is 2.30. The molecule has 1 aromatic rings. The van der Waals surface area contributed by atoms with Crippen LogP contribution in [0.1, 0.15) is 26.2 Å². The maximum atomic E-state index is 13.1. The molecule has 1 aliphatic heterocycles. The summed E-state index contributed by atoms with van der Waals surface area (Å²) in [5, 5.41) is 0. The summed E-state index contributed by atoms with van der Waals surface area (Å²) in [7, 11) is -0.621. The number of nitrogens with zero attached hydrogens (tertiary/aromatic N) is 2. The average Bonchev–Trinajstić information content (AvgIpc) is 2.55. The summed E-state index contributed by atoms with van der Waals surface area (Å²) in [6, 6.07) is 5.89. The van der Waals surface area contributed by atoms with Crippen molar-refractivity contribution in [1.82, 2.24) is 9.21 Å². The quantitative estimate of drug-likeness (QED) is 0.791. The Bertz CT molecular complexity index is 660. The van der Waals surface area contributed by atoms with Gasteiger partial charge < -0.3 is 9.64 Å². The number of benzene rings is 1. The summed E-state index contributed by atoms with van der Waals surface area (Å²) in [5.74, 6) is 0.163. The average molecular weight is 340 g/mol. The van der Waals surface area contributed by atoms with E-state index in [0.29, 0.717) is 25.3 Å². The van der Waals surface area contributed by atoms with E-state index in [1.807, 2.05) is 6.92 Å². The first-order valence-corrected chi connectivity index (χ1v) is 9.27. The second-order valence-electron chi connectivity index (χ2n) is 5.68. The van der Waals surface area contributed by atoms with Crippen molar-refractivity contribution in [3.8, 4) is 5.75 Å². The van der Waals surface area contributed by atoms with Crippen molar-refractivity contribution in [1.29, 1.82) is 0 Å². The molecule has 0 bridgehead atoms. The smallest absolute Gasteiger partial charge is 0.247 e. The van der Waals surface area contributed by atoms with Gasteiger partial charge in [0.05, 0.1) is 7.11 Å². The number of hydrogen-bond acceptors (Lipinski definition) is 4. The van der Waals surface area contributed by atoms with Crippen LogP contribution < -0.4 is 4.74 Å². The van der Waals surface area contributed by atoms with Crippen LogP contribution in [0.15, 0.2) is 29.2 Å². The molecule has 1 heterocycles. The minimum Gasteiger partial charge on any atom is -0.495 e. The van der Waals surface area contributed by atoms with Crippen molar-refractivity contribution in [2.45, 2.75) is 37.1 Å². The Morgan fingerprint density at radius 1 is 1.26 bits per heavy atom. The van der Waals surface area contributed by atoms with Crippen molar-refractivity contribution in [2.75, 3.05) is 27.2 Å². The van der Waals surface area contributed by atoms with E-state index in [4.69, 9.17) is 4.74 Å². The van der Waals surface area contributed by atoms with Crippen molar-refractivity contribution in [2.24, 2.45) is 0 Å². The van der Waals surface area contributed by atoms with Crippen LogP contribution in [0.4, 0.5) is 0 Å². The largest absolute Gasteiger partial charge is 0.495 e. The normalized spacial score (nSPS) is 19.9. The molecule has 1 aromatic carbocycles. The van der Waals surface area contributed by atoms with Gasteiger partial charge in [0.25, 0.3) is 0 Å². The lowest BCUT2D eigenvalue weighted by Gasteiger charge is -2.38. The number of piperazine rings is 1. The molecule has 1 atom stereocenters. The van der Waals surface area contributed by atoms with Gasteiger partial charge in [-0.15, -0.1) is 0 Å². The molecule has 1 saturated heterocycles. The van der Waals surface area contributed by atoms with Crippen LogP contribution in [0.2, 0.25) is 0 Å². The lowest BCUT2D eigenvalue weighted by Crippen LogP contribution is -2.57. The van der Waals surface area contributed by atoms with Crippen LogP contribution in [0.3, 0.4) is 0 Å². The van der Waals surface area contributed by atoms with Crippen molar-refractivity contribution >= 4 is 15.9 Å². The van der Waals surface area contributed by atoms with Gasteiger partial charge in [-0.3, -0.25) is 4.79 Å². The Morgan fingerprint density at radius 2 is 1.96 bits per heavy atom. The molecule has 128 valence electrons. The molecule has 1 aliphatic rings. The number of para-hydroxylation sites is 1. The van der Waals surface area contributed by atoms with Crippen molar-refractivity contribution < 1.29 is 17.9 Å². The predicted octanol–water partition coefficient (Wildman–Crippen LogP) is 1.72. The summed E-state index contributed by atoms with van der Waals surface area (Å²) in [5.41, 5.74) is 0. The molecule has 23 heavy (non-hydrogen) atoms. The van der Waals surface area contributed by atoms with Gasteiger partial charge in [-0.05, 0) is 18.6 Å². The van der Waals surface area contributed by atoms with Crippen LogP contribution in [0.25, 0.3) is 0 Å². The second-order valence-corrected chi connectivity index (χ2v) is 7.54. The van der Waals surface area contributed by atoms with Gasteiger partial charge >= 0.3 is 0 Å². The highest BCUT2D eigenvalue weighted by Gasteiger charge is 2.41. The zero-order valence-corrected chi connectivity index (χ0v) is 14.7. The minimum absolute atomic E-state index is 0.112. The predicted molar refractivity (Wildman–Crippen MR) is 87.8 cm³/mol. The van der Waals surface area contributed by atoms with Gasteiger partial charge in [-0.2, -0.15) is 4.31 Å². The van der Waals surface area contributed by atoms with Gasteiger partial charge in [0, 0.05) is 20.1 Å². The SMILES string of the molecule is CCCCC1C(=O)N(C)CCN1S(=O)(=O)c1ccccc1OC. The number of carbonyl (C=O) groups is 1. The number of rotatable bonds is 6. The van der Waals surface area contributed by atoms with E-state index in [2.05, 4.69) is 0 Å². The van der Waals surface area contributed by atoms with E-state index in [1.54, 1.807) is 30.1 Å². The molecule has 1 unspecified atom stereocenters. The zero-order valence-electron chi connectivity index (χ0n) is 13.9. The Morgan fingerprint density at radius 3 is 2.61 bits per heavy atom. The summed E-state index contributed by atoms with van der Waals surface area (Å²) in [6.45, 7) is 2.73. The van der Waals surface area contributed by atoms with Crippen molar-refractivity contribution in [3.63, 3.8) is 0 Å². The number of carbonyl (C=O) groups excluding carboxylic acids is 1. The van der Waals surface area contributed by atoms with E-state index in [0.717, 1.165) is 12.8 Å². The van der Waals surface area contributed by atoms with E-state index in [1.165, 1.54) is 17.5 Å². The van der Waals surface area contributed by atoms with Crippen LogP contribution in [0, 0.1) is 0 Å². The number of hydrogen-bond donors (Lipinski definition) is 0. The third-order valence-corrected chi connectivity index (χ3v) is 6.10. The van der Waals surface area contributed by atoms with Crippen LogP contribution in [-0.2, 0) is 14.8 Å². The first-order valence-electron chi connectivity index (χ1n) is 7.83. The van der Waals surface area contributed by atoms with Gasteiger partial charge in [0.2, 0.25) is 15.9 Å². The Labute approximate surface area is 138 Å². The molecule has 0 saturated carbocycles. The highest BCUT2D eigenvalue weighted by atomic mass is 32.2. The molecule has 0 aromatic heterocycles. The molecule has 0 aliphatic carbocycles. The second kappa shape index (κ2) is 7.31. The molecule has 0 N–H and O–H groups in total. The molecule has 7 heteroatoms. The third kappa shape index (κ3) is 3.50. The van der Waals surface area contributed by atoms with E-state index in [-0.39, 0.29) is 10.8 Å². The van der Waals surface area contributed by atoms with E-state index >= 15 is 0 Å². The summed E-state index contributed by atoms with van der Waals surface area (Å²) in [6.07, 6.45) is 2.26. The van der Waals surface area contributed by atoms with Gasteiger partial charge in [-0.25, -0.2) is 8.42 Å². The van der Waals surface area contributed by atoms with Gasteiger partial charge in [0.1, 0.15) is 16.7 Å². The summed E-state index contributed by atoms with van der Waals surface area (Å²) < 4.78 is 32.7. The molecule has 6 nitrogen and oxygen atoms in total. The standard InChI is InChI=1S/C16H24N2O4S/c1-4-5-8-13-16(19)17(2)11-12-18(13)23(20,21)15-10-7-6-9-14(15)22-3/h6-7,9-10,13H,4-5,8,11-12H2,1-3H3. The van der Waals surface area contributed by atoms with Crippen LogP contribution in [0.5, 0.6) is 5.75 Å². The Kier molecular flexibility index (Phi) is 5.64. The molecule has 1 amide bonds. The number of unbranched alkanes of at least 4 members (excludes halogenated alkanes) is 1. The molecule has 1 fully saturated rings. The number of amides is 1. The topological polar surface area (TPSA) is 66.9 Å². The number of methoxy groups -OCH3 is 1. The van der Waals surface area contributed by atoms with Crippen molar-refractivity contribution in [3.05, 3.63) is 24.3 Å². The third-order valence-electron chi connectivity index (χ3n) is 4.15. The molecular formula is C16H24N2O4S. The van der Waals surface area contributed by atoms with E-state index in [9.17, 15) is 13.2 Å². The fourth-order valence-electron chi connectivity index (χ4n) is 2.80. The first kappa shape index (κ1) is 17.7. The molecular weight excluding hydrogens is 316 g/mol. The zero-order chi connectivity index (χ0) is 17.0. The minimum atomic E-state index is -3.78. The number of sulfonamides is 1. The van der Waals surface area contributed by atoms with Crippen LogP contribution in [-0.4, -0.2) is 56.8 Å². The fourth-order valence-corrected chi connectivity index (χ4v) is 4.56. The first-order chi connectivity index (χ1) is 10.9. The highest BCUT2D eigenvalue weighted by molar-refractivity contribution is 7.89. The lowest BCUT2D eigenvalue weighted by atomic mass is 10.1. The fraction of sp³-hybridized carbons (Fsp3) is 0.562. The lowest BCUT2D eigenvalue weighted by molar-refractivity contribution is -0.137. The number of likely N-dealkylation sites (N-methyl/N-ethyl adjacent to an activating group) is 1. The van der Waals surface area contributed by atoms with Gasteiger partial charge in [-0.1, -0.05) is 31.9 Å². The summed E-state index contributed by atoms with van der Waals surface area (Å²) >= 11 is 0. The molecule has 0 spiro atoms. The maximum absolute atomic E-state index is 13.1. The van der Waals surface area contributed by atoms with Gasteiger partial charge in [0.15, 0.2) is 0 Å². The maximum Gasteiger partial charge on any atom is 0.247 e. The van der Waals surface area contributed by atoms with Crippen LogP contribution >= 0.6 is 0 Å². The molecule has 2 rings (SSSR count). The monoisotopic (exact) mass is 340 g/mol. The summed E-state index contributed by atoms with van der Waals surface area (Å²) in [4.78, 5) is 14.2. The van der Waals surface area contributed by atoms with E-state index < -0.39 is 16.1 Å². The molecule has 0 radical (unpaired) electrons. The Balaban J connectivity index is 2.41. The number of ether oxygens (including phenoxy) is 1.